The Kier molecular flexibility index (Phi) is 3.17. The zero-order valence-electron chi connectivity index (χ0n) is 10.0. The Morgan fingerprint density at radius 3 is 3.06 bits per heavy atom. The van der Waals surface area contributed by atoms with Gasteiger partial charge in [-0.05, 0) is 25.3 Å². The summed E-state index contributed by atoms with van der Waals surface area (Å²) in [4.78, 5) is 17.9. The Labute approximate surface area is 101 Å². The van der Waals surface area contributed by atoms with Crippen LogP contribution in [-0.4, -0.2) is 23.5 Å². The monoisotopic (exact) mass is 234 g/mol. The topological polar surface area (TPSA) is 85.2 Å². The lowest BCUT2D eigenvalue weighted by molar-refractivity contribution is 0.100. The van der Waals surface area contributed by atoms with Crippen molar-refractivity contribution in [2.24, 2.45) is 5.73 Å². The van der Waals surface area contributed by atoms with E-state index in [1.54, 1.807) is 12.3 Å². The lowest BCUT2D eigenvalue weighted by Gasteiger charge is -2.26. The fourth-order valence-corrected chi connectivity index (χ4v) is 2.42. The number of amides is 1. The molecule has 0 aliphatic carbocycles. The summed E-state index contributed by atoms with van der Waals surface area (Å²) >= 11 is 0. The van der Waals surface area contributed by atoms with Crippen LogP contribution in [0.4, 0.5) is 11.5 Å². The SMILES string of the molecule is CCC1CCCN1c1ncc(N)cc1C(N)=O. The summed E-state index contributed by atoms with van der Waals surface area (Å²) in [5, 5.41) is 0. The molecule has 0 spiro atoms. The van der Waals surface area contributed by atoms with Gasteiger partial charge in [-0.1, -0.05) is 6.92 Å². The molecule has 1 unspecified atom stereocenters. The highest BCUT2D eigenvalue weighted by atomic mass is 16.1. The second-order valence-electron chi connectivity index (χ2n) is 4.40. The van der Waals surface area contributed by atoms with Crippen molar-refractivity contribution in [1.29, 1.82) is 0 Å². The van der Waals surface area contributed by atoms with Gasteiger partial charge in [0.2, 0.25) is 0 Å². The standard InChI is InChI=1S/C12H18N4O/c1-2-9-4-3-5-16(9)12-10(11(14)17)6-8(13)7-15-12/h6-7,9H,2-5,13H2,1H3,(H2,14,17). The summed E-state index contributed by atoms with van der Waals surface area (Å²) < 4.78 is 0. The van der Waals surface area contributed by atoms with E-state index in [1.165, 1.54) is 0 Å². The van der Waals surface area contributed by atoms with Gasteiger partial charge in [-0.15, -0.1) is 0 Å². The van der Waals surface area contributed by atoms with Crippen molar-refractivity contribution in [2.75, 3.05) is 17.2 Å². The maximum atomic E-state index is 11.4. The molecule has 1 amide bonds. The molecule has 17 heavy (non-hydrogen) atoms. The van der Waals surface area contributed by atoms with Crippen LogP contribution in [0.5, 0.6) is 0 Å². The molecule has 0 saturated carbocycles. The number of rotatable bonds is 3. The minimum absolute atomic E-state index is 0.422. The summed E-state index contributed by atoms with van der Waals surface area (Å²) in [5.41, 5.74) is 11.9. The van der Waals surface area contributed by atoms with Gasteiger partial charge in [0.15, 0.2) is 0 Å². The summed E-state index contributed by atoms with van der Waals surface area (Å²) in [6.45, 7) is 3.07. The van der Waals surface area contributed by atoms with E-state index < -0.39 is 5.91 Å². The van der Waals surface area contributed by atoms with Crippen LogP contribution in [0.2, 0.25) is 0 Å². The van der Waals surface area contributed by atoms with E-state index >= 15 is 0 Å². The average molecular weight is 234 g/mol. The normalized spacial score (nSPS) is 19.6. The van der Waals surface area contributed by atoms with Gasteiger partial charge in [0.1, 0.15) is 5.82 Å². The van der Waals surface area contributed by atoms with Gasteiger partial charge in [-0.3, -0.25) is 4.79 Å². The number of carbonyl (C=O) groups is 1. The Balaban J connectivity index is 2.40. The van der Waals surface area contributed by atoms with Gasteiger partial charge in [0, 0.05) is 12.6 Å². The first-order valence-electron chi connectivity index (χ1n) is 5.95. The predicted molar refractivity (Wildman–Crippen MR) is 67.8 cm³/mol. The number of carbonyl (C=O) groups excluding carboxylic acids is 1. The molecule has 0 aromatic carbocycles. The highest BCUT2D eigenvalue weighted by molar-refractivity contribution is 5.98. The fourth-order valence-electron chi connectivity index (χ4n) is 2.42. The molecule has 0 bridgehead atoms. The van der Waals surface area contributed by atoms with E-state index in [0.717, 1.165) is 25.8 Å². The van der Waals surface area contributed by atoms with E-state index in [1.807, 2.05) is 0 Å². The van der Waals surface area contributed by atoms with Crippen molar-refractivity contribution < 1.29 is 4.79 Å². The maximum Gasteiger partial charge on any atom is 0.252 e. The first-order valence-corrected chi connectivity index (χ1v) is 5.95. The number of nitrogen functional groups attached to an aromatic ring is 1. The third-order valence-electron chi connectivity index (χ3n) is 3.27. The summed E-state index contributed by atoms with van der Waals surface area (Å²) in [6, 6.07) is 2.06. The van der Waals surface area contributed by atoms with Crippen molar-refractivity contribution >= 4 is 17.4 Å². The first kappa shape index (κ1) is 11.7. The number of primary amides is 1. The Bertz CT molecular complexity index is 433. The molecule has 1 aliphatic heterocycles. The largest absolute Gasteiger partial charge is 0.397 e. The van der Waals surface area contributed by atoms with Gasteiger partial charge in [0.25, 0.3) is 5.91 Å². The zero-order valence-corrected chi connectivity index (χ0v) is 10.0. The highest BCUT2D eigenvalue weighted by Gasteiger charge is 2.27. The second kappa shape index (κ2) is 4.61. The van der Waals surface area contributed by atoms with Crippen molar-refractivity contribution in [3.05, 3.63) is 17.8 Å². The molecular formula is C12H18N4O. The number of hydrogen-bond acceptors (Lipinski definition) is 4. The fraction of sp³-hybridized carbons (Fsp3) is 0.500. The molecule has 1 saturated heterocycles. The zero-order chi connectivity index (χ0) is 12.4. The van der Waals surface area contributed by atoms with E-state index in [9.17, 15) is 4.79 Å². The number of pyridine rings is 1. The number of nitrogens with two attached hydrogens (primary N) is 2. The molecule has 1 aromatic heterocycles. The van der Waals surface area contributed by atoms with Gasteiger partial charge >= 0.3 is 0 Å². The van der Waals surface area contributed by atoms with Crippen LogP contribution < -0.4 is 16.4 Å². The Morgan fingerprint density at radius 1 is 1.65 bits per heavy atom. The second-order valence-corrected chi connectivity index (χ2v) is 4.40. The van der Waals surface area contributed by atoms with Crippen LogP contribution in [-0.2, 0) is 0 Å². The molecule has 2 rings (SSSR count). The average Bonchev–Trinajstić information content (AvgIpc) is 2.76. The van der Waals surface area contributed by atoms with Crippen LogP contribution in [0, 0.1) is 0 Å². The molecule has 92 valence electrons. The van der Waals surface area contributed by atoms with Crippen LogP contribution in [0.15, 0.2) is 12.3 Å². The molecular weight excluding hydrogens is 216 g/mol. The van der Waals surface area contributed by atoms with Crippen molar-refractivity contribution in [3.8, 4) is 0 Å². The van der Waals surface area contributed by atoms with Crippen molar-refractivity contribution in [1.82, 2.24) is 4.98 Å². The number of nitrogens with zero attached hydrogens (tertiary/aromatic N) is 2. The van der Waals surface area contributed by atoms with Crippen molar-refractivity contribution in [2.45, 2.75) is 32.2 Å². The van der Waals surface area contributed by atoms with Crippen LogP contribution >= 0.6 is 0 Å². The third-order valence-corrected chi connectivity index (χ3v) is 3.27. The molecule has 2 heterocycles. The molecule has 4 N–H and O–H groups in total. The van der Waals surface area contributed by atoms with E-state index in [-0.39, 0.29) is 0 Å². The minimum Gasteiger partial charge on any atom is -0.397 e. The third kappa shape index (κ3) is 2.18. The predicted octanol–water partition coefficient (Wildman–Crippen LogP) is 1.14. The number of aromatic nitrogens is 1. The van der Waals surface area contributed by atoms with Gasteiger partial charge in [-0.25, -0.2) is 4.98 Å². The Morgan fingerprint density at radius 2 is 2.41 bits per heavy atom. The van der Waals surface area contributed by atoms with E-state index in [4.69, 9.17) is 11.5 Å². The smallest absolute Gasteiger partial charge is 0.252 e. The van der Waals surface area contributed by atoms with Gasteiger partial charge < -0.3 is 16.4 Å². The van der Waals surface area contributed by atoms with Crippen LogP contribution in [0.25, 0.3) is 0 Å². The highest BCUT2D eigenvalue weighted by Crippen LogP contribution is 2.28. The molecule has 1 aromatic rings. The molecule has 0 radical (unpaired) electrons. The summed E-state index contributed by atoms with van der Waals surface area (Å²) in [7, 11) is 0. The molecule has 5 heteroatoms. The van der Waals surface area contributed by atoms with Crippen molar-refractivity contribution in [3.63, 3.8) is 0 Å². The molecule has 5 nitrogen and oxygen atoms in total. The summed E-state index contributed by atoms with van der Waals surface area (Å²) in [5.74, 6) is 0.206. The molecule has 1 atom stereocenters. The lowest BCUT2D eigenvalue weighted by atomic mass is 10.1. The van der Waals surface area contributed by atoms with E-state index in [2.05, 4.69) is 16.8 Å². The minimum atomic E-state index is -0.471. The quantitative estimate of drug-likeness (QED) is 0.821. The first-order chi connectivity index (χ1) is 8.13. The van der Waals surface area contributed by atoms with Gasteiger partial charge in [0.05, 0.1) is 17.4 Å². The van der Waals surface area contributed by atoms with Crippen LogP contribution in [0.3, 0.4) is 0 Å². The number of hydrogen-bond donors (Lipinski definition) is 2. The summed E-state index contributed by atoms with van der Waals surface area (Å²) in [6.07, 6.45) is 4.89. The van der Waals surface area contributed by atoms with Gasteiger partial charge in [-0.2, -0.15) is 0 Å². The van der Waals surface area contributed by atoms with Crippen LogP contribution in [0.1, 0.15) is 36.5 Å². The maximum absolute atomic E-state index is 11.4. The Hall–Kier alpha value is -1.78. The van der Waals surface area contributed by atoms with E-state index in [0.29, 0.717) is 23.1 Å². The molecule has 1 aliphatic rings. The number of anilines is 2. The molecule has 1 fully saturated rings. The lowest BCUT2D eigenvalue weighted by Crippen LogP contribution is -2.31.